The second-order valence-electron chi connectivity index (χ2n) is 5.29. The molecule has 0 heterocycles. The molecule has 100 valence electrons. The molecule has 2 unspecified atom stereocenters. The van der Waals surface area contributed by atoms with Crippen LogP contribution in [0.5, 0.6) is 0 Å². The Balaban J connectivity index is 3.90. The molecular formula is C12H24N2O3. The van der Waals surface area contributed by atoms with Crippen LogP contribution in [0.2, 0.25) is 0 Å². The first kappa shape index (κ1) is 16.1. The van der Waals surface area contributed by atoms with Gasteiger partial charge in [0.1, 0.15) is 17.4 Å². The van der Waals surface area contributed by atoms with Crippen molar-refractivity contribution in [3.05, 3.63) is 0 Å². The van der Waals surface area contributed by atoms with E-state index in [1.54, 1.807) is 20.8 Å². The van der Waals surface area contributed by atoms with Gasteiger partial charge in [0.25, 0.3) is 0 Å². The van der Waals surface area contributed by atoms with Gasteiger partial charge in [0.2, 0.25) is 0 Å². The number of ether oxygens (including phenoxy) is 1. The maximum atomic E-state index is 11.5. The zero-order valence-electron chi connectivity index (χ0n) is 11.2. The van der Waals surface area contributed by atoms with Gasteiger partial charge in [-0.25, -0.2) is 0 Å². The summed E-state index contributed by atoms with van der Waals surface area (Å²) in [5.41, 5.74) is 10.7. The Labute approximate surface area is 103 Å². The fraction of sp³-hybridized carbons (Fsp3) is 0.833. The van der Waals surface area contributed by atoms with E-state index in [2.05, 4.69) is 0 Å². The summed E-state index contributed by atoms with van der Waals surface area (Å²) in [6.07, 6.45) is 1.67. The summed E-state index contributed by atoms with van der Waals surface area (Å²) in [5, 5.41) is 0. The molecule has 0 aromatic rings. The molecule has 0 aromatic heterocycles. The molecule has 5 heteroatoms. The zero-order valence-corrected chi connectivity index (χ0v) is 11.2. The number of Topliss-reactive ketones (excluding diaryl/α,β-unsaturated/α-hetero) is 1. The molecule has 0 aromatic carbocycles. The minimum atomic E-state index is -0.645. The number of esters is 1. The molecule has 2 atom stereocenters. The molecule has 0 radical (unpaired) electrons. The van der Waals surface area contributed by atoms with E-state index >= 15 is 0 Å². The third kappa shape index (κ3) is 7.88. The number of carbonyl (C=O) groups excluding carboxylic acids is 2. The molecule has 0 saturated heterocycles. The second-order valence-corrected chi connectivity index (χ2v) is 5.29. The van der Waals surface area contributed by atoms with Gasteiger partial charge in [0.05, 0.1) is 6.04 Å². The molecule has 0 bridgehead atoms. The molecule has 0 fully saturated rings. The molecule has 0 aliphatic heterocycles. The van der Waals surface area contributed by atoms with Gasteiger partial charge >= 0.3 is 5.97 Å². The smallest absolute Gasteiger partial charge is 0.323 e. The average molecular weight is 244 g/mol. The van der Waals surface area contributed by atoms with Crippen LogP contribution in [0.3, 0.4) is 0 Å². The molecule has 0 amide bonds. The lowest BCUT2D eigenvalue weighted by atomic mass is 10.0. The minimum absolute atomic E-state index is 0.0455. The highest BCUT2D eigenvalue weighted by molar-refractivity contribution is 5.81. The Kier molecular flexibility index (Phi) is 6.34. The fourth-order valence-corrected chi connectivity index (χ4v) is 1.26. The second kappa shape index (κ2) is 6.71. The van der Waals surface area contributed by atoms with Gasteiger partial charge in [-0.1, -0.05) is 0 Å². The van der Waals surface area contributed by atoms with E-state index in [-0.39, 0.29) is 5.78 Å². The van der Waals surface area contributed by atoms with Gasteiger partial charge in [-0.15, -0.1) is 0 Å². The lowest BCUT2D eigenvalue weighted by molar-refractivity contribution is -0.156. The molecular weight excluding hydrogens is 220 g/mol. The Morgan fingerprint density at radius 1 is 1.12 bits per heavy atom. The van der Waals surface area contributed by atoms with Gasteiger partial charge in [-0.05, 0) is 47.0 Å². The summed E-state index contributed by atoms with van der Waals surface area (Å²) >= 11 is 0. The highest BCUT2D eigenvalue weighted by Crippen LogP contribution is 2.10. The van der Waals surface area contributed by atoms with Gasteiger partial charge in [0, 0.05) is 0 Å². The minimum Gasteiger partial charge on any atom is -0.459 e. The van der Waals surface area contributed by atoms with E-state index in [9.17, 15) is 9.59 Å². The van der Waals surface area contributed by atoms with Crippen molar-refractivity contribution >= 4 is 11.8 Å². The highest BCUT2D eigenvalue weighted by atomic mass is 16.6. The number of carbonyl (C=O) groups is 2. The predicted molar refractivity (Wildman–Crippen MR) is 66.3 cm³/mol. The van der Waals surface area contributed by atoms with Crippen LogP contribution in [0.25, 0.3) is 0 Å². The summed E-state index contributed by atoms with van der Waals surface area (Å²) in [6.45, 7) is 6.84. The molecule has 0 spiro atoms. The average Bonchev–Trinajstić information content (AvgIpc) is 2.14. The Bertz CT molecular complexity index is 271. The highest BCUT2D eigenvalue weighted by Gasteiger charge is 2.22. The summed E-state index contributed by atoms with van der Waals surface area (Å²) in [4.78, 5) is 22.4. The van der Waals surface area contributed by atoms with Gasteiger partial charge in [0.15, 0.2) is 0 Å². The van der Waals surface area contributed by atoms with Crippen LogP contribution in [0.15, 0.2) is 0 Å². The number of hydrogen-bond acceptors (Lipinski definition) is 5. The van der Waals surface area contributed by atoms with Crippen LogP contribution in [-0.4, -0.2) is 29.4 Å². The predicted octanol–water partition coefficient (Wildman–Crippen LogP) is 0.742. The van der Waals surface area contributed by atoms with Gasteiger partial charge in [-0.2, -0.15) is 0 Å². The first-order valence-electron chi connectivity index (χ1n) is 5.88. The third-order valence-corrected chi connectivity index (χ3v) is 2.26. The largest absolute Gasteiger partial charge is 0.459 e. The van der Waals surface area contributed by atoms with E-state index < -0.39 is 23.7 Å². The topological polar surface area (TPSA) is 95.4 Å². The van der Waals surface area contributed by atoms with E-state index in [0.717, 1.165) is 0 Å². The first-order valence-corrected chi connectivity index (χ1v) is 5.88. The number of hydrogen-bond donors (Lipinski definition) is 2. The van der Waals surface area contributed by atoms with E-state index in [1.165, 1.54) is 6.92 Å². The summed E-state index contributed by atoms with van der Waals surface area (Å²) in [6, 6.07) is -1.10. The Morgan fingerprint density at radius 3 is 2.00 bits per heavy atom. The monoisotopic (exact) mass is 244 g/mol. The van der Waals surface area contributed by atoms with Crippen molar-refractivity contribution in [2.75, 3.05) is 0 Å². The van der Waals surface area contributed by atoms with E-state index in [4.69, 9.17) is 16.2 Å². The first-order chi connectivity index (χ1) is 7.63. The Morgan fingerprint density at radius 2 is 1.59 bits per heavy atom. The van der Waals surface area contributed by atoms with Gasteiger partial charge < -0.3 is 16.2 Å². The number of rotatable bonds is 6. The third-order valence-electron chi connectivity index (χ3n) is 2.26. The van der Waals surface area contributed by atoms with Crippen LogP contribution < -0.4 is 11.5 Å². The molecule has 0 rings (SSSR count). The number of ketones is 1. The van der Waals surface area contributed by atoms with Crippen LogP contribution >= 0.6 is 0 Å². The van der Waals surface area contributed by atoms with E-state index in [0.29, 0.717) is 19.3 Å². The van der Waals surface area contributed by atoms with Crippen molar-refractivity contribution in [1.82, 2.24) is 0 Å². The summed E-state index contributed by atoms with van der Waals surface area (Å²) in [5.74, 6) is -0.454. The molecule has 0 aliphatic rings. The van der Waals surface area contributed by atoms with Crippen LogP contribution in [0.4, 0.5) is 0 Å². The SMILES string of the molecule is CC(=O)C(N)CCCC(N)C(=O)OC(C)(C)C. The summed E-state index contributed by atoms with van der Waals surface area (Å²) < 4.78 is 5.14. The molecule has 0 aliphatic carbocycles. The maximum Gasteiger partial charge on any atom is 0.323 e. The lowest BCUT2D eigenvalue weighted by Gasteiger charge is -2.22. The van der Waals surface area contributed by atoms with Crippen molar-refractivity contribution in [3.8, 4) is 0 Å². The van der Waals surface area contributed by atoms with Crippen LogP contribution in [-0.2, 0) is 14.3 Å². The van der Waals surface area contributed by atoms with Crippen molar-refractivity contribution in [2.45, 2.75) is 64.6 Å². The quantitative estimate of drug-likeness (QED) is 0.672. The molecule has 0 saturated carbocycles. The zero-order chi connectivity index (χ0) is 13.6. The molecule has 5 nitrogen and oxygen atoms in total. The number of nitrogens with two attached hydrogens (primary N) is 2. The van der Waals surface area contributed by atoms with Crippen LogP contribution in [0.1, 0.15) is 47.0 Å². The molecule has 17 heavy (non-hydrogen) atoms. The molecule has 4 N–H and O–H groups in total. The summed E-state index contributed by atoms with van der Waals surface area (Å²) in [7, 11) is 0. The normalized spacial score (nSPS) is 15.2. The Hall–Kier alpha value is -0.940. The van der Waals surface area contributed by atoms with Crippen molar-refractivity contribution in [1.29, 1.82) is 0 Å². The van der Waals surface area contributed by atoms with Crippen LogP contribution in [0, 0.1) is 0 Å². The lowest BCUT2D eigenvalue weighted by Crippen LogP contribution is -2.37. The fourth-order valence-electron chi connectivity index (χ4n) is 1.26. The maximum absolute atomic E-state index is 11.5. The van der Waals surface area contributed by atoms with Crippen molar-refractivity contribution in [3.63, 3.8) is 0 Å². The van der Waals surface area contributed by atoms with Crippen molar-refractivity contribution in [2.24, 2.45) is 11.5 Å². The van der Waals surface area contributed by atoms with Gasteiger partial charge in [-0.3, -0.25) is 9.59 Å². The van der Waals surface area contributed by atoms with Crippen molar-refractivity contribution < 1.29 is 14.3 Å². The van der Waals surface area contributed by atoms with E-state index in [1.807, 2.05) is 0 Å². The standard InChI is InChI=1S/C12H24N2O3/c1-8(15)9(13)6-5-7-10(14)11(16)17-12(2,3)4/h9-10H,5-7,13-14H2,1-4H3.